The van der Waals surface area contributed by atoms with Crippen molar-refractivity contribution in [1.29, 1.82) is 0 Å². The molecule has 5 aromatic rings. The van der Waals surface area contributed by atoms with Gasteiger partial charge in [0.2, 0.25) is 11.7 Å². The van der Waals surface area contributed by atoms with Crippen molar-refractivity contribution < 1.29 is 38.1 Å². The van der Waals surface area contributed by atoms with Crippen LogP contribution in [0.4, 0.5) is 10.7 Å². The van der Waals surface area contributed by atoms with E-state index >= 15 is 0 Å². The highest BCUT2D eigenvalue weighted by molar-refractivity contribution is 8.00. The predicted molar refractivity (Wildman–Crippen MR) is 233 cm³/mol. The normalized spacial score (nSPS) is 13.1. The van der Waals surface area contributed by atoms with E-state index in [1.807, 2.05) is 36.4 Å². The summed E-state index contributed by atoms with van der Waals surface area (Å²) in [4.78, 5) is 56.9. The molecular formula is C46H47N3O8S2. The Labute approximate surface area is 352 Å². The van der Waals surface area contributed by atoms with Crippen molar-refractivity contribution in [3.8, 4) is 17.2 Å². The SMILES string of the molecule is CCOC(=O)c1c(NC(=O)C(Sc2cccc(NC(=O)/C(=C\c3cc(OC)c(OC)c(OC)c3)NC(=O)c3ccccc3)c2)c2ccccc2)sc2c1CCCCCC2. The van der Waals surface area contributed by atoms with E-state index in [0.29, 0.717) is 49.5 Å². The van der Waals surface area contributed by atoms with Crippen LogP contribution >= 0.6 is 23.1 Å². The molecule has 1 aliphatic rings. The molecule has 3 amide bonds. The molecule has 6 rings (SSSR count). The fourth-order valence-corrected chi connectivity index (χ4v) is 9.14. The summed E-state index contributed by atoms with van der Waals surface area (Å²) >= 11 is 2.77. The predicted octanol–water partition coefficient (Wildman–Crippen LogP) is 9.49. The van der Waals surface area contributed by atoms with E-state index in [0.717, 1.165) is 54.5 Å². The Morgan fingerprint density at radius 2 is 1.46 bits per heavy atom. The highest BCUT2D eigenvalue weighted by atomic mass is 32.2. The number of methoxy groups -OCH3 is 3. The molecule has 306 valence electrons. The number of amides is 3. The third-order valence-electron chi connectivity index (χ3n) is 9.60. The summed E-state index contributed by atoms with van der Waals surface area (Å²) in [6.45, 7) is 2.01. The summed E-state index contributed by atoms with van der Waals surface area (Å²) in [5, 5.41) is 8.59. The maximum Gasteiger partial charge on any atom is 0.341 e. The molecular weight excluding hydrogens is 787 g/mol. The van der Waals surface area contributed by atoms with Gasteiger partial charge in [0.25, 0.3) is 11.8 Å². The van der Waals surface area contributed by atoms with Gasteiger partial charge < -0.3 is 34.9 Å². The standard InChI is InChI=1S/C46H47N3O8S2/c1-5-57-46(53)39-34-23-14-6-7-15-24-38(34)59-45(39)49-44(52)41(30-17-10-8-11-18-30)58-33-22-16-21-32(28-33)47-43(51)35(48-42(50)31-19-12-9-13-20-31)25-29-26-36(54-2)40(56-4)37(27-29)55-3/h8-13,16-22,25-28,41H,5-7,14-15,23-24H2,1-4H3,(H,47,51)(H,48,50)(H,49,52)/b35-25+. The molecule has 1 aliphatic carbocycles. The zero-order valence-electron chi connectivity index (χ0n) is 33.4. The van der Waals surface area contributed by atoms with Crippen LogP contribution < -0.4 is 30.2 Å². The molecule has 1 unspecified atom stereocenters. The highest BCUT2D eigenvalue weighted by Crippen LogP contribution is 2.42. The van der Waals surface area contributed by atoms with Crippen LogP contribution in [0.1, 0.15) is 80.1 Å². The van der Waals surface area contributed by atoms with Gasteiger partial charge in [0.05, 0.1) is 33.5 Å². The second-order valence-corrected chi connectivity index (χ2v) is 15.8. The van der Waals surface area contributed by atoms with Crippen molar-refractivity contribution in [2.24, 2.45) is 0 Å². The Morgan fingerprint density at radius 1 is 0.780 bits per heavy atom. The zero-order valence-corrected chi connectivity index (χ0v) is 35.1. The van der Waals surface area contributed by atoms with Crippen molar-refractivity contribution >= 4 is 63.6 Å². The van der Waals surface area contributed by atoms with Crippen LogP contribution in [0.5, 0.6) is 17.2 Å². The van der Waals surface area contributed by atoms with Crippen molar-refractivity contribution in [3.63, 3.8) is 0 Å². The minimum atomic E-state index is -0.720. The molecule has 3 N–H and O–H groups in total. The van der Waals surface area contributed by atoms with E-state index in [-0.39, 0.29) is 18.2 Å². The lowest BCUT2D eigenvalue weighted by Gasteiger charge is -2.18. The maximum absolute atomic E-state index is 14.4. The number of thioether (sulfide) groups is 1. The smallest absolute Gasteiger partial charge is 0.341 e. The monoisotopic (exact) mass is 833 g/mol. The average molecular weight is 834 g/mol. The van der Waals surface area contributed by atoms with Crippen LogP contribution in [0.3, 0.4) is 0 Å². The number of aryl methyl sites for hydroxylation is 1. The fourth-order valence-electron chi connectivity index (χ4n) is 6.78. The molecule has 0 fully saturated rings. The first-order chi connectivity index (χ1) is 28.7. The number of carbonyl (C=O) groups is 4. The van der Waals surface area contributed by atoms with Crippen molar-refractivity contribution in [2.75, 3.05) is 38.6 Å². The van der Waals surface area contributed by atoms with Gasteiger partial charge in [-0.2, -0.15) is 0 Å². The first-order valence-corrected chi connectivity index (χ1v) is 21.1. The van der Waals surface area contributed by atoms with Crippen molar-refractivity contribution in [2.45, 2.75) is 55.6 Å². The molecule has 1 atom stereocenters. The number of esters is 1. The number of hydrogen-bond acceptors (Lipinski definition) is 10. The number of rotatable bonds is 15. The van der Waals surface area contributed by atoms with Gasteiger partial charge in [0.15, 0.2) is 11.5 Å². The van der Waals surface area contributed by atoms with Gasteiger partial charge in [-0.15, -0.1) is 23.1 Å². The molecule has 1 aromatic heterocycles. The summed E-state index contributed by atoms with van der Waals surface area (Å²) in [5.41, 5.74) is 3.45. The topological polar surface area (TPSA) is 141 Å². The average Bonchev–Trinajstić information content (AvgIpc) is 3.57. The summed E-state index contributed by atoms with van der Waals surface area (Å²) in [5.74, 6) is -0.678. The van der Waals surface area contributed by atoms with Crippen LogP contribution in [-0.4, -0.2) is 51.6 Å². The van der Waals surface area contributed by atoms with E-state index in [4.69, 9.17) is 18.9 Å². The minimum Gasteiger partial charge on any atom is -0.493 e. The van der Waals surface area contributed by atoms with E-state index in [1.54, 1.807) is 67.6 Å². The summed E-state index contributed by atoms with van der Waals surface area (Å²) < 4.78 is 22.0. The van der Waals surface area contributed by atoms with Crippen molar-refractivity contribution in [3.05, 3.63) is 135 Å². The van der Waals surface area contributed by atoms with Crippen LogP contribution in [0.2, 0.25) is 0 Å². The van der Waals surface area contributed by atoms with Crippen LogP contribution in [0.15, 0.2) is 108 Å². The van der Waals surface area contributed by atoms with E-state index in [9.17, 15) is 19.2 Å². The molecule has 0 aliphatic heterocycles. The van der Waals surface area contributed by atoms with Gasteiger partial charge in [-0.1, -0.05) is 67.4 Å². The Kier molecular flexibility index (Phi) is 14.8. The molecule has 0 saturated carbocycles. The van der Waals surface area contributed by atoms with Crippen LogP contribution in [-0.2, 0) is 27.2 Å². The quantitative estimate of drug-likeness (QED) is 0.0535. The minimum absolute atomic E-state index is 0.0461. The molecule has 0 spiro atoms. The Hall–Kier alpha value is -6.05. The Balaban J connectivity index is 1.29. The Morgan fingerprint density at radius 3 is 2.12 bits per heavy atom. The van der Waals surface area contributed by atoms with Gasteiger partial charge in [0, 0.05) is 21.0 Å². The number of anilines is 2. The molecule has 0 radical (unpaired) electrons. The molecule has 13 heteroatoms. The second-order valence-electron chi connectivity index (χ2n) is 13.6. The lowest BCUT2D eigenvalue weighted by Crippen LogP contribution is -2.30. The number of fused-ring (bicyclic) bond motifs is 1. The van der Waals surface area contributed by atoms with Gasteiger partial charge >= 0.3 is 5.97 Å². The third-order valence-corrected chi connectivity index (χ3v) is 12.1. The molecule has 59 heavy (non-hydrogen) atoms. The van der Waals surface area contributed by atoms with E-state index < -0.39 is 23.0 Å². The summed E-state index contributed by atoms with van der Waals surface area (Å²) in [6.07, 6.45) is 7.37. The summed E-state index contributed by atoms with van der Waals surface area (Å²) in [7, 11) is 4.48. The van der Waals surface area contributed by atoms with Gasteiger partial charge in [-0.25, -0.2) is 4.79 Å². The number of benzene rings is 4. The van der Waals surface area contributed by atoms with E-state index in [2.05, 4.69) is 16.0 Å². The second kappa shape index (κ2) is 20.6. The lowest BCUT2D eigenvalue weighted by molar-refractivity contribution is -0.116. The zero-order chi connectivity index (χ0) is 41.7. The fraction of sp³-hybridized carbons (Fsp3) is 0.261. The Bertz CT molecular complexity index is 2280. The van der Waals surface area contributed by atoms with Crippen LogP contribution in [0.25, 0.3) is 6.08 Å². The molecule has 11 nitrogen and oxygen atoms in total. The van der Waals surface area contributed by atoms with Crippen molar-refractivity contribution in [1.82, 2.24) is 5.32 Å². The van der Waals surface area contributed by atoms with Gasteiger partial charge in [0.1, 0.15) is 15.9 Å². The molecule has 0 bridgehead atoms. The number of nitrogens with one attached hydrogen (secondary N) is 3. The highest BCUT2D eigenvalue weighted by Gasteiger charge is 2.29. The van der Waals surface area contributed by atoms with Gasteiger partial charge in [-0.05, 0) is 97.8 Å². The maximum atomic E-state index is 14.4. The third kappa shape index (κ3) is 10.7. The van der Waals surface area contributed by atoms with E-state index in [1.165, 1.54) is 50.5 Å². The largest absolute Gasteiger partial charge is 0.493 e. The summed E-state index contributed by atoms with van der Waals surface area (Å²) in [6, 6.07) is 28.4. The number of ether oxygens (including phenoxy) is 4. The van der Waals surface area contributed by atoms with Gasteiger partial charge in [-0.3, -0.25) is 14.4 Å². The van der Waals surface area contributed by atoms with Crippen LogP contribution in [0, 0.1) is 0 Å². The first kappa shape index (κ1) is 42.6. The molecule has 0 saturated heterocycles. The number of hydrogen-bond donors (Lipinski definition) is 3. The number of carbonyl (C=O) groups excluding carboxylic acids is 4. The molecule has 4 aromatic carbocycles. The molecule has 1 heterocycles. The lowest BCUT2D eigenvalue weighted by atomic mass is 9.96. The first-order valence-electron chi connectivity index (χ1n) is 19.4. The number of thiophene rings is 1.